The van der Waals surface area contributed by atoms with Gasteiger partial charge in [-0.2, -0.15) is 0 Å². The number of anilines is 2. The first-order chi connectivity index (χ1) is 18.6. The number of esters is 1. The fraction of sp³-hybridized carbons (Fsp3) is 0.188. The molecule has 4 aromatic rings. The Labute approximate surface area is 227 Å². The van der Waals surface area contributed by atoms with E-state index in [1.54, 1.807) is 0 Å². The van der Waals surface area contributed by atoms with Crippen molar-refractivity contribution in [2.45, 2.75) is 36.1 Å². The monoisotopic (exact) mass is 519 g/mol. The molecule has 0 aromatic heterocycles. The first-order valence-corrected chi connectivity index (χ1v) is 13.8. The summed E-state index contributed by atoms with van der Waals surface area (Å²) < 4.78 is 5.58. The summed E-state index contributed by atoms with van der Waals surface area (Å²) in [6.07, 6.45) is 0.681. The standard InChI is InChI=1S/C32H29N3O2S/c1-3-37-31(36)30-33-35(26-20-18-23(2)19-21-26)32(25-14-8-5-9-15-25)22-29(24-12-6-4-7-13-24)38-28-17-11-10-16-27(28)34(30)32/h4-21,29H,3,22H2,1-2H3. The number of nitrogens with zero attached hydrogens (tertiary/aromatic N) is 3. The quantitative estimate of drug-likeness (QED) is 0.259. The van der Waals surface area contributed by atoms with Gasteiger partial charge >= 0.3 is 5.97 Å². The van der Waals surface area contributed by atoms with Crippen molar-refractivity contribution in [3.8, 4) is 0 Å². The van der Waals surface area contributed by atoms with Crippen molar-refractivity contribution in [3.05, 3.63) is 126 Å². The summed E-state index contributed by atoms with van der Waals surface area (Å²) >= 11 is 1.83. The van der Waals surface area contributed by atoms with Gasteiger partial charge in [-0.25, -0.2) is 9.80 Å². The zero-order valence-electron chi connectivity index (χ0n) is 21.5. The molecule has 2 atom stereocenters. The van der Waals surface area contributed by atoms with E-state index < -0.39 is 11.6 Å². The van der Waals surface area contributed by atoms with Gasteiger partial charge in [-0.3, -0.25) is 4.90 Å². The van der Waals surface area contributed by atoms with Crippen LogP contribution in [0.1, 0.15) is 35.3 Å². The highest BCUT2D eigenvalue weighted by molar-refractivity contribution is 7.99. The smallest absolute Gasteiger partial charge is 0.376 e. The van der Waals surface area contributed by atoms with E-state index >= 15 is 0 Å². The molecule has 0 aliphatic carbocycles. The average molecular weight is 520 g/mol. The van der Waals surface area contributed by atoms with Crippen LogP contribution in [0, 0.1) is 6.92 Å². The Kier molecular flexibility index (Phi) is 6.42. The van der Waals surface area contributed by atoms with Crippen molar-refractivity contribution >= 4 is 34.9 Å². The molecule has 190 valence electrons. The van der Waals surface area contributed by atoms with Gasteiger partial charge in [-0.05, 0) is 43.7 Å². The summed E-state index contributed by atoms with van der Waals surface area (Å²) in [7, 11) is 0. The molecule has 2 aliphatic heterocycles. The lowest BCUT2D eigenvalue weighted by molar-refractivity contribution is -0.135. The molecule has 0 saturated carbocycles. The zero-order chi connectivity index (χ0) is 26.1. The number of ether oxygens (including phenoxy) is 1. The largest absolute Gasteiger partial charge is 0.460 e. The second kappa shape index (κ2) is 10.0. The molecule has 2 aliphatic rings. The van der Waals surface area contributed by atoms with Gasteiger partial charge in [0.05, 0.1) is 18.0 Å². The minimum absolute atomic E-state index is 0.104. The lowest BCUT2D eigenvalue weighted by atomic mass is 9.88. The van der Waals surface area contributed by atoms with Crippen LogP contribution in [0.4, 0.5) is 11.4 Å². The third kappa shape index (κ3) is 4.05. The number of benzene rings is 4. The van der Waals surface area contributed by atoms with Gasteiger partial charge in [-0.15, -0.1) is 16.9 Å². The Morgan fingerprint density at radius 2 is 1.58 bits per heavy atom. The molecule has 5 nitrogen and oxygen atoms in total. The van der Waals surface area contributed by atoms with Crippen LogP contribution in [-0.4, -0.2) is 18.4 Å². The summed E-state index contributed by atoms with van der Waals surface area (Å²) in [6, 6.07) is 37.6. The number of para-hydroxylation sites is 1. The van der Waals surface area contributed by atoms with Crippen LogP contribution in [0.3, 0.4) is 0 Å². The maximum absolute atomic E-state index is 13.6. The Bertz CT molecular complexity index is 1470. The van der Waals surface area contributed by atoms with E-state index in [0.29, 0.717) is 6.42 Å². The Balaban J connectivity index is 1.66. The van der Waals surface area contributed by atoms with Crippen molar-refractivity contribution in [2.24, 2.45) is 5.10 Å². The molecule has 0 radical (unpaired) electrons. The van der Waals surface area contributed by atoms with E-state index in [0.717, 1.165) is 27.4 Å². The van der Waals surface area contributed by atoms with Crippen LogP contribution in [-0.2, 0) is 15.2 Å². The van der Waals surface area contributed by atoms with Crippen LogP contribution < -0.4 is 9.91 Å². The van der Waals surface area contributed by atoms with Crippen molar-refractivity contribution < 1.29 is 9.53 Å². The minimum atomic E-state index is -0.807. The highest BCUT2D eigenvalue weighted by Gasteiger charge is 2.56. The number of thioether (sulfide) groups is 1. The number of fused-ring (bicyclic) bond motifs is 3. The molecule has 0 saturated heterocycles. The third-order valence-electron chi connectivity index (χ3n) is 7.12. The molecule has 2 heterocycles. The second-order valence-corrected chi connectivity index (χ2v) is 10.7. The number of carbonyl (C=O) groups is 1. The number of hydrazone groups is 1. The molecule has 0 N–H and O–H groups in total. The fourth-order valence-electron chi connectivity index (χ4n) is 5.39. The van der Waals surface area contributed by atoms with E-state index in [2.05, 4.69) is 103 Å². The first-order valence-electron chi connectivity index (χ1n) is 12.9. The maximum Gasteiger partial charge on any atom is 0.376 e. The molecule has 6 rings (SSSR count). The first kappa shape index (κ1) is 24.3. The molecule has 0 fully saturated rings. The van der Waals surface area contributed by atoms with E-state index in [4.69, 9.17) is 9.84 Å². The summed E-state index contributed by atoms with van der Waals surface area (Å²) in [4.78, 5) is 16.8. The summed E-state index contributed by atoms with van der Waals surface area (Å²) in [5, 5.41) is 7.20. The van der Waals surface area contributed by atoms with Crippen molar-refractivity contribution in [1.29, 1.82) is 0 Å². The summed E-state index contributed by atoms with van der Waals surface area (Å²) in [6.45, 7) is 4.18. The fourth-order valence-corrected chi connectivity index (χ4v) is 6.74. The number of hydrogen-bond donors (Lipinski definition) is 0. The van der Waals surface area contributed by atoms with E-state index in [9.17, 15) is 4.79 Å². The zero-order valence-corrected chi connectivity index (χ0v) is 22.3. The Morgan fingerprint density at radius 1 is 0.921 bits per heavy atom. The summed E-state index contributed by atoms with van der Waals surface area (Å²) in [5.41, 5.74) is 4.51. The third-order valence-corrected chi connectivity index (χ3v) is 8.44. The number of hydrogen-bond acceptors (Lipinski definition) is 6. The van der Waals surface area contributed by atoms with E-state index in [1.165, 1.54) is 5.56 Å². The highest BCUT2D eigenvalue weighted by atomic mass is 32.2. The molecule has 2 unspecified atom stereocenters. The predicted molar refractivity (Wildman–Crippen MR) is 154 cm³/mol. The maximum atomic E-state index is 13.6. The molecule has 6 heteroatoms. The van der Waals surface area contributed by atoms with Gasteiger partial charge in [0, 0.05) is 22.1 Å². The molecule has 0 amide bonds. The Hall–Kier alpha value is -4.03. The van der Waals surface area contributed by atoms with Crippen molar-refractivity contribution in [1.82, 2.24) is 0 Å². The number of carbonyl (C=O) groups excluding carboxylic acids is 1. The lowest BCUT2D eigenvalue weighted by Gasteiger charge is -2.45. The van der Waals surface area contributed by atoms with E-state index in [1.807, 2.05) is 41.9 Å². The van der Waals surface area contributed by atoms with Crippen LogP contribution in [0.15, 0.2) is 119 Å². The minimum Gasteiger partial charge on any atom is -0.460 e. The van der Waals surface area contributed by atoms with E-state index in [-0.39, 0.29) is 17.7 Å². The predicted octanol–water partition coefficient (Wildman–Crippen LogP) is 7.29. The van der Waals surface area contributed by atoms with Gasteiger partial charge in [0.1, 0.15) is 0 Å². The number of amidine groups is 1. The number of rotatable bonds is 5. The molecule has 38 heavy (non-hydrogen) atoms. The van der Waals surface area contributed by atoms with Gasteiger partial charge in [0.15, 0.2) is 5.66 Å². The molecular weight excluding hydrogens is 490 g/mol. The van der Waals surface area contributed by atoms with Crippen molar-refractivity contribution in [2.75, 3.05) is 16.5 Å². The molecule has 0 spiro atoms. The Morgan fingerprint density at radius 3 is 2.29 bits per heavy atom. The van der Waals surface area contributed by atoms with Crippen LogP contribution in [0.2, 0.25) is 0 Å². The van der Waals surface area contributed by atoms with Gasteiger partial charge in [0.2, 0.25) is 5.84 Å². The van der Waals surface area contributed by atoms with Crippen LogP contribution >= 0.6 is 11.8 Å². The van der Waals surface area contributed by atoms with Gasteiger partial charge < -0.3 is 4.74 Å². The van der Waals surface area contributed by atoms with Crippen LogP contribution in [0.25, 0.3) is 0 Å². The number of aryl methyl sites for hydroxylation is 1. The van der Waals surface area contributed by atoms with Gasteiger partial charge in [0.25, 0.3) is 0 Å². The average Bonchev–Trinajstić information content (AvgIpc) is 3.21. The highest BCUT2D eigenvalue weighted by Crippen LogP contribution is 2.57. The SMILES string of the molecule is CCOC(=O)C1=NN(c2ccc(C)cc2)C2(c3ccccc3)CC(c3ccccc3)Sc3ccccc3N12. The lowest BCUT2D eigenvalue weighted by Crippen LogP contribution is -2.55. The summed E-state index contributed by atoms with van der Waals surface area (Å²) in [5.74, 6) is -0.140. The second-order valence-electron chi connectivity index (χ2n) is 9.50. The molecular formula is C32H29N3O2S. The topological polar surface area (TPSA) is 45.1 Å². The van der Waals surface area contributed by atoms with Crippen molar-refractivity contribution in [3.63, 3.8) is 0 Å². The molecule has 0 bridgehead atoms. The normalized spacial score (nSPS) is 20.3. The van der Waals surface area contributed by atoms with Crippen LogP contribution in [0.5, 0.6) is 0 Å². The van der Waals surface area contributed by atoms with Gasteiger partial charge in [-0.1, -0.05) is 90.5 Å². The molecule has 4 aromatic carbocycles.